The summed E-state index contributed by atoms with van der Waals surface area (Å²) < 4.78 is 0. The SMILES string of the molecule is Cc1ccc(CC(=O)N2CCCN(C)c3nc4ccccc4nc32)cc1. The van der Waals surface area contributed by atoms with Crippen LogP contribution in [0.2, 0.25) is 0 Å². The van der Waals surface area contributed by atoms with Crippen molar-refractivity contribution in [3.05, 3.63) is 59.7 Å². The number of benzene rings is 2. The van der Waals surface area contributed by atoms with Gasteiger partial charge in [0, 0.05) is 20.1 Å². The Morgan fingerprint density at radius 2 is 1.62 bits per heavy atom. The summed E-state index contributed by atoms with van der Waals surface area (Å²) >= 11 is 0. The standard InChI is InChI=1S/C21H22N4O/c1-15-8-10-16(11-9-15)14-19(26)25-13-5-12-24(2)20-21(25)23-18-7-4-3-6-17(18)22-20/h3-4,6-11H,5,12-14H2,1-2H3. The minimum Gasteiger partial charge on any atom is -0.357 e. The Hall–Kier alpha value is -2.95. The lowest BCUT2D eigenvalue weighted by atomic mass is 10.1. The maximum absolute atomic E-state index is 13.1. The number of aromatic nitrogens is 2. The molecule has 26 heavy (non-hydrogen) atoms. The second-order valence-electron chi connectivity index (χ2n) is 6.84. The van der Waals surface area contributed by atoms with Crippen molar-refractivity contribution in [1.82, 2.24) is 9.97 Å². The summed E-state index contributed by atoms with van der Waals surface area (Å²) in [6.07, 6.45) is 1.27. The van der Waals surface area contributed by atoms with Crippen molar-refractivity contribution >= 4 is 28.6 Å². The fourth-order valence-corrected chi connectivity index (χ4v) is 3.32. The van der Waals surface area contributed by atoms with E-state index >= 15 is 0 Å². The summed E-state index contributed by atoms with van der Waals surface area (Å²) in [6, 6.07) is 15.9. The van der Waals surface area contributed by atoms with Gasteiger partial charge < -0.3 is 4.90 Å². The molecule has 5 nitrogen and oxygen atoms in total. The van der Waals surface area contributed by atoms with Crippen LogP contribution in [0.5, 0.6) is 0 Å². The van der Waals surface area contributed by atoms with Crippen molar-refractivity contribution in [2.75, 3.05) is 29.9 Å². The van der Waals surface area contributed by atoms with E-state index in [-0.39, 0.29) is 5.91 Å². The summed E-state index contributed by atoms with van der Waals surface area (Å²) in [5, 5.41) is 0. The van der Waals surface area contributed by atoms with E-state index < -0.39 is 0 Å². The fourth-order valence-electron chi connectivity index (χ4n) is 3.32. The summed E-state index contributed by atoms with van der Waals surface area (Å²) in [6.45, 7) is 3.57. The molecule has 2 heterocycles. The number of amides is 1. The summed E-state index contributed by atoms with van der Waals surface area (Å²) in [5.41, 5.74) is 3.88. The van der Waals surface area contributed by atoms with Gasteiger partial charge in [-0.3, -0.25) is 9.69 Å². The number of hydrogen-bond acceptors (Lipinski definition) is 4. The lowest BCUT2D eigenvalue weighted by molar-refractivity contribution is -0.118. The number of carbonyl (C=O) groups is 1. The van der Waals surface area contributed by atoms with Gasteiger partial charge in [-0.05, 0) is 31.0 Å². The van der Waals surface area contributed by atoms with Gasteiger partial charge in [0.25, 0.3) is 0 Å². The molecule has 0 atom stereocenters. The van der Waals surface area contributed by atoms with Gasteiger partial charge >= 0.3 is 0 Å². The van der Waals surface area contributed by atoms with Crippen molar-refractivity contribution in [1.29, 1.82) is 0 Å². The molecule has 0 unspecified atom stereocenters. The monoisotopic (exact) mass is 346 g/mol. The third kappa shape index (κ3) is 3.12. The Morgan fingerprint density at radius 3 is 2.31 bits per heavy atom. The van der Waals surface area contributed by atoms with E-state index in [1.165, 1.54) is 5.56 Å². The number of nitrogens with zero attached hydrogens (tertiary/aromatic N) is 4. The molecule has 3 aromatic rings. The number of para-hydroxylation sites is 2. The van der Waals surface area contributed by atoms with Crippen LogP contribution >= 0.6 is 0 Å². The van der Waals surface area contributed by atoms with Crippen LogP contribution in [-0.4, -0.2) is 36.0 Å². The van der Waals surface area contributed by atoms with E-state index in [0.717, 1.165) is 35.4 Å². The number of fused-ring (bicyclic) bond motifs is 2. The Labute approximate surface area is 153 Å². The third-order valence-corrected chi connectivity index (χ3v) is 4.80. The molecule has 4 rings (SSSR count). The second-order valence-corrected chi connectivity index (χ2v) is 6.84. The van der Waals surface area contributed by atoms with Crippen molar-refractivity contribution < 1.29 is 4.79 Å². The van der Waals surface area contributed by atoms with Gasteiger partial charge in [-0.1, -0.05) is 42.0 Å². The second kappa shape index (κ2) is 6.75. The van der Waals surface area contributed by atoms with Crippen LogP contribution in [0.1, 0.15) is 17.5 Å². The highest BCUT2D eigenvalue weighted by Gasteiger charge is 2.26. The van der Waals surface area contributed by atoms with Gasteiger partial charge in [-0.25, -0.2) is 9.97 Å². The molecular formula is C21H22N4O. The highest BCUT2D eigenvalue weighted by molar-refractivity contribution is 5.97. The Balaban J connectivity index is 1.72. The molecule has 0 saturated heterocycles. The number of anilines is 2. The first kappa shape index (κ1) is 16.5. The Kier molecular flexibility index (Phi) is 4.29. The normalized spacial score (nSPS) is 14.2. The zero-order chi connectivity index (χ0) is 18.1. The molecule has 0 aliphatic carbocycles. The molecule has 1 amide bonds. The maximum atomic E-state index is 13.1. The smallest absolute Gasteiger partial charge is 0.232 e. The highest BCUT2D eigenvalue weighted by Crippen LogP contribution is 2.30. The van der Waals surface area contributed by atoms with Gasteiger partial charge in [0.2, 0.25) is 5.91 Å². The van der Waals surface area contributed by atoms with Crippen LogP contribution in [0.15, 0.2) is 48.5 Å². The first-order valence-electron chi connectivity index (χ1n) is 8.95. The number of carbonyl (C=O) groups excluding carboxylic acids is 1. The van der Waals surface area contributed by atoms with Crippen molar-refractivity contribution in [3.63, 3.8) is 0 Å². The van der Waals surface area contributed by atoms with Gasteiger partial charge in [0.05, 0.1) is 17.5 Å². The van der Waals surface area contributed by atoms with E-state index in [4.69, 9.17) is 9.97 Å². The molecular weight excluding hydrogens is 324 g/mol. The molecule has 0 radical (unpaired) electrons. The Morgan fingerprint density at radius 1 is 0.962 bits per heavy atom. The van der Waals surface area contributed by atoms with E-state index in [2.05, 4.69) is 4.90 Å². The largest absolute Gasteiger partial charge is 0.357 e. The molecule has 1 aliphatic rings. The lowest BCUT2D eigenvalue weighted by Crippen LogP contribution is -2.33. The molecule has 5 heteroatoms. The van der Waals surface area contributed by atoms with Crippen molar-refractivity contribution in [2.45, 2.75) is 19.8 Å². The zero-order valence-corrected chi connectivity index (χ0v) is 15.1. The summed E-state index contributed by atoms with van der Waals surface area (Å²) in [7, 11) is 2.01. The van der Waals surface area contributed by atoms with E-state index in [1.54, 1.807) is 4.90 Å². The van der Waals surface area contributed by atoms with Crippen molar-refractivity contribution in [2.24, 2.45) is 0 Å². The van der Waals surface area contributed by atoms with Crippen LogP contribution in [0.25, 0.3) is 11.0 Å². The predicted octanol–water partition coefficient (Wildman–Crippen LogP) is 3.35. The van der Waals surface area contributed by atoms with Gasteiger partial charge in [-0.2, -0.15) is 0 Å². The first-order valence-corrected chi connectivity index (χ1v) is 8.95. The van der Waals surface area contributed by atoms with Gasteiger partial charge in [0.1, 0.15) is 0 Å². The molecule has 0 N–H and O–H groups in total. The van der Waals surface area contributed by atoms with Crippen LogP contribution < -0.4 is 9.80 Å². The maximum Gasteiger partial charge on any atom is 0.232 e. The lowest BCUT2D eigenvalue weighted by Gasteiger charge is -2.23. The van der Waals surface area contributed by atoms with Crippen LogP contribution in [-0.2, 0) is 11.2 Å². The molecule has 0 bridgehead atoms. The van der Waals surface area contributed by atoms with E-state index in [9.17, 15) is 4.79 Å². The Bertz CT molecular complexity index is 952. The van der Waals surface area contributed by atoms with Crippen LogP contribution in [0.3, 0.4) is 0 Å². The summed E-state index contributed by atoms with van der Waals surface area (Å²) in [4.78, 5) is 26.5. The number of rotatable bonds is 2. The van der Waals surface area contributed by atoms with E-state index in [0.29, 0.717) is 18.8 Å². The molecule has 0 saturated carbocycles. The molecule has 0 fully saturated rings. The zero-order valence-electron chi connectivity index (χ0n) is 15.1. The minimum atomic E-state index is 0.0648. The number of hydrogen-bond donors (Lipinski definition) is 0. The molecule has 0 spiro atoms. The molecule has 2 aromatic carbocycles. The predicted molar refractivity (Wildman–Crippen MR) is 105 cm³/mol. The topological polar surface area (TPSA) is 49.3 Å². The van der Waals surface area contributed by atoms with Crippen LogP contribution in [0.4, 0.5) is 11.6 Å². The molecule has 132 valence electrons. The summed E-state index contributed by atoms with van der Waals surface area (Å²) in [5.74, 6) is 1.51. The van der Waals surface area contributed by atoms with Gasteiger partial charge in [-0.15, -0.1) is 0 Å². The van der Waals surface area contributed by atoms with Crippen LogP contribution in [0, 0.1) is 6.92 Å². The van der Waals surface area contributed by atoms with Gasteiger partial charge in [0.15, 0.2) is 11.6 Å². The average molecular weight is 346 g/mol. The highest BCUT2D eigenvalue weighted by atomic mass is 16.2. The number of aryl methyl sites for hydroxylation is 1. The fraction of sp³-hybridized carbons (Fsp3) is 0.286. The molecule has 1 aromatic heterocycles. The van der Waals surface area contributed by atoms with E-state index in [1.807, 2.05) is 62.5 Å². The minimum absolute atomic E-state index is 0.0648. The average Bonchev–Trinajstić information content (AvgIpc) is 2.81. The first-order chi connectivity index (χ1) is 12.6. The quantitative estimate of drug-likeness (QED) is 0.714. The van der Waals surface area contributed by atoms with Crippen molar-refractivity contribution in [3.8, 4) is 0 Å². The molecule has 1 aliphatic heterocycles. The third-order valence-electron chi connectivity index (χ3n) is 4.80.